The first kappa shape index (κ1) is 20.9. The van der Waals surface area contributed by atoms with E-state index < -0.39 is 5.50 Å². The number of hydrogen-bond acceptors (Lipinski definition) is 7. The Balaban J connectivity index is 2.04. The van der Waals surface area contributed by atoms with Crippen LogP contribution in [0.15, 0.2) is 66.7 Å². The molecule has 7 nitrogen and oxygen atoms in total. The Kier molecular flexibility index (Phi) is 5.94. The third-order valence-corrected chi connectivity index (χ3v) is 5.58. The molecule has 4 rings (SSSR count). The van der Waals surface area contributed by atoms with Crippen molar-refractivity contribution in [2.24, 2.45) is 5.84 Å². The Hall–Kier alpha value is -3.33. The van der Waals surface area contributed by atoms with Crippen molar-refractivity contribution in [3.05, 3.63) is 66.7 Å². The summed E-state index contributed by atoms with van der Waals surface area (Å²) in [5.41, 5.74) is 12.8. The quantitative estimate of drug-likeness (QED) is 0.0964. The van der Waals surface area contributed by atoms with Crippen LogP contribution in [0.4, 0.5) is 17.2 Å². The number of fused-ring (bicyclic) bond motifs is 1. The van der Waals surface area contributed by atoms with Gasteiger partial charge >= 0.3 is 0 Å². The number of methoxy groups -OCH3 is 2. The van der Waals surface area contributed by atoms with Crippen LogP contribution in [0.25, 0.3) is 22.0 Å². The summed E-state index contributed by atoms with van der Waals surface area (Å²) in [6.07, 6.45) is 0. The van der Waals surface area contributed by atoms with Gasteiger partial charge in [0, 0.05) is 10.9 Å². The van der Waals surface area contributed by atoms with Gasteiger partial charge < -0.3 is 25.1 Å². The Bertz CT molecular complexity index is 1210. The molecule has 0 amide bonds. The van der Waals surface area contributed by atoms with Crippen molar-refractivity contribution in [2.75, 3.05) is 25.3 Å². The molecule has 0 bridgehead atoms. The number of hydrazine groups is 1. The maximum atomic E-state index is 6.23. The van der Waals surface area contributed by atoms with Gasteiger partial charge in [-0.1, -0.05) is 24.3 Å². The molecule has 1 heterocycles. The smallest absolute Gasteiger partial charge is 0.143 e. The van der Waals surface area contributed by atoms with E-state index in [0.29, 0.717) is 5.69 Å². The number of nitrogen functional groups attached to an aromatic ring is 1. The molecule has 0 fully saturated rings. The van der Waals surface area contributed by atoms with E-state index in [0.717, 1.165) is 45.0 Å². The van der Waals surface area contributed by atoms with E-state index in [9.17, 15) is 0 Å². The van der Waals surface area contributed by atoms with Gasteiger partial charge in [-0.2, -0.15) is 0 Å². The van der Waals surface area contributed by atoms with Crippen molar-refractivity contribution in [3.63, 3.8) is 0 Å². The minimum atomic E-state index is -0.490. The van der Waals surface area contributed by atoms with E-state index in [1.54, 1.807) is 14.2 Å². The van der Waals surface area contributed by atoms with Crippen LogP contribution in [0.2, 0.25) is 0 Å². The number of ether oxygens (including phenoxy) is 2. The molecule has 160 valence electrons. The third-order valence-electron chi connectivity index (χ3n) is 5.20. The molecule has 3 aromatic carbocycles. The zero-order valence-electron chi connectivity index (χ0n) is 17.3. The van der Waals surface area contributed by atoms with Crippen molar-refractivity contribution in [2.45, 2.75) is 5.50 Å². The molecule has 6 N–H and O–H groups in total. The van der Waals surface area contributed by atoms with Crippen molar-refractivity contribution in [1.29, 1.82) is 0 Å². The first-order valence-electron chi connectivity index (χ1n) is 9.69. The molecule has 0 aliphatic heterocycles. The predicted octanol–water partition coefficient (Wildman–Crippen LogP) is 4.50. The van der Waals surface area contributed by atoms with Gasteiger partial charge in [0.2, 0.25) is 0 Å². The van der Waals surface area contributed by atoms with E-state index in [1.165, 1.54) is 0 Å². The fourth-order valence-electron chi connectivity index (χ4n) is 3.66. The molecule has 0 saturated heterocycles. The van der Waals surface area contributed by atoms with Gasteiger partial charge in [-0.05, 0) is 48.0 Å². The summed E-state index contributed by atoms with van der Waals surface area (Å²) >= 11 is 4.67. The second kappa shape index (κ2) is 8.81. The molecule has 8 heteroatoms. The molecule has 0 aliphatic carbocycles. The number of nitrogens with two attached hydrogens (primary N) is 2. The van der Waals surface area contributed by atoms with Gasteiger partial charge in [-0.15, -0.1) is 12.6 Å². The summed E-state index contributed by atoms with van der Waals surface area (Å²) in [4.78, 5) is 0. The van der Waals surface area contributed by atoms with E-state index in [2.05, 4.69) is 23.4 Å². The highest BCUT2D eigenvalue weighted by Crippen LogP contribution is 2.44. The summed E-state index contributed by atoms with van der Waals surface area (Å²) in [5, 5.41) is 4.48. The summed E-state index contributed by atoms with van der Waals surface area (Å²) in [5.74, 6) is 8.12. The fraction of sp³-hybridized carbons (Fsp3) is 0.130. The zero-order valence-corrected chi connectivity index (χ0v) is 18.2. The highest BCUT2D eigenvalue weighted by molar-refractivity contribution is 7.80. The summed E-state index contributed by atoms with van der Waals surface area (Å²) < 4.78 is 12.8. The van der Waals surface area contributed by atoms with Crippen LogP contribution in [0.3, 0.4) is 0 Å². The van der Waals surface area contributed by atoms with Gasteiger partial charge in [-0.25, -0.2) is 5.43 Å². The Labute approximate surface area is 186 Å². The average molecular weight is 436 g/mol. The van der Waals surface area contributed by atoms with Crippen molar-refractivity contribution in [3.8, 4) is 22.6 Å². The van der Waals surface area contributed by atoms with Crippen molar-refractivity contribution >= 4 is 40.7 Å². The second-order valence-electron chi connectivity index (χ2n) is 6.96. The largest absolute Gasteiger partial charge is 0.497 e. The zero-order chi connectivity index (χ0) is 22.0. The van der Waals surface area contributed by atoms with E-state index in [1.807, 2.05) is 71.3 Å². The van der Waals surface area contributed by atoms with Crippen LogP contribution in [0, 0.1) is 0 Å². The first-order valence-corrected chi connectivity index (χ1v) is 10.2. The average Bonchev–Trinajstić information content (AvgIpc) is 3.12. The number of para-hydroxylation sites is 2. The van der Waals surface area contributed by atoms with Crippen LogP contribution in [-0.2, 0) is 0 Å². The Morgan fingerprint density at radius 2 is 1.61 bits per heavy atom. The van der Waals surface area contributed by atoms with Crippen molar-refractivity contribution < 1.29 is 9.47 Å². The standard InChI is InChI=1S/C23H25N5O2S/c1-29-15-9-7-14(8-10-15)21-17-13-16(30-2)11-12-20(17)28(23(31)27-25)22(21)26-19-6-4-3-5-18(19)24/h3-13,23,26-27,31H,24-25H2,1-2H3. The Morgan fingerprint density at radius 3 is 2.26 bits per heavy atom. The minimum Gasteiger partial charge on any atom is -0.497 e. The molecule has 31 heavy (non-hydrogen) atoms. The second-order valence-corrected chi connectivity index (χ2v) is 7.45. The van der Waals surface area contributed by atoms with Crippen LogP contribution < -0.4 is 31.8 Å². The third kappa shape index (κ3) is 3.88. The number of anilines is 3. The van der Waals surface area contributed by atoms with Crippen LogP contribution >= 0.6 is 12.6 Å². The topological polar surface area (TPSA) is 99.5 Å². The van der Waals surface area contributed by atoms with Gasteiger partial charge in [0.25, 0.3) is 0 Å². The SMILES string of the molecule is COc1ccc(-c2c(Nc3ccccc3N)n(C(S)NN)c3ccc(OC)cc23)cc1. The molecule has 1 aromatic heterocycles. The lowest BCUT2D eigenvalue weighted by Gasteiger charge is -2.20. The number of nitrogens with zero attached hydrogens (tertiary/aromatic N) is 1. The maximum Gasteiger partial charge on any atom is 0.143 e. The monoisotopic (exact) mass is 435 g/mol. The van der Waals surface area contributed by atoms with Gasteiger partial charge in [0.1, 0.15) is 22.8 Å². The van der Waals surface area contributed by atoms with Crippen LogP contribution in [0.1, 0.15) is 5.50 Å². The lowest BCUT2D eigenvalue weighted by atomic mass is 10.0. The highest BCUT2D eigenvalue weighted by atomic mass is 32.1. The number of rotatable bonds is 7. The molecular formula is C23H25N5O2S. The van der Waals surface area contributed by atoms with E-state index in [-0.39, 0.29) is 0 Å². The van der Waals surface area contributed by atoms with Crippen molar-refractivity contribution in [1.82, 2.24) is 9.99 Å². The van der Waals surface area contributed by atoms with E-state index >= 15 is 0 Å². The summed E-state index contributed by atoms with van der Waals surface area (Å²) in [6, 6.07) is 21.4. The molecule has 0 aliphatic rings. The minimum absolute atomic E-state index is 0.490. The lowest BCUT2D eigenvalue weighted by molar-refractivity contribution is 0.415. The molecule has 0 spiro atoms. The number of thiol groups is 1. The van der Waals surface area contributed by atoms with Gasteiger partial charge in [-0.3, -0.25) is 5.84 Å². The number of benzene rings is 3. The van der Waals surface area contributed by atoms with Crippen LogP contribution in [0.5, 0.6) is 11.5 Å². The highest BCUT2D eigenvalue weighted by Gasteiger charge is 2.23. The molecule has 4 aromatic rings. The Morgan fingerprint density at radius 1 is 0.935 bits per heavy atom. The van der Waals surface area contributed by atoms with E-state index in [4.69, 9.17) is 21.1 Å². The van der Waals surface area contributed by atoms with Crippen LogP contribution in [-0.4, -0.2) is 18.8 Å². The van der Waals surface area contributed by atoms with Gasteiger partial charge in [0.05, 0.1) is 31.1 Å². The lowest BCUT2D eigenvalue weighted by Crippen LogP contribution is -2.29. The molecular weight excluding hydrogens is 410 g/mol. The molecule has 1 unspecified atom stereocenters. The maximum absolute atomic E-state index is 6.23. The summed E-state index contributed by atoms with van der Waals surface area (Å²) in [6.45, 7) is 0. The fourth-order valence-corrected chi connectivity index (χ4v) is 3.90. The van der Waals surface area contributed by atoms with Gasteiger partial charge in [0.15, 0.2) is 0 Å². The normalized spacial score (nSPS) is 12.0. The molecule has 1 atom stereocenters. The number of nitrogens with one attached hydrogen (secondary N) is 2. The number of aromatic nitrogens is 1. The molecule has 0 saturated carbocycles. The summed E-state index contributed by atoms with van der Waals surface area (Å²) in [7, 11) is 3.30. The number of hydrogen-bond donors (Lipinski definition) is 5. The first-order chi connectivity index (χ1) is 15.1. The predicted molar refractivity (Wildman–Crippen MR) is 130 cm³/mol. The molecule has 0 radical (unpaired) electrons.